The van der Waals surface area contributed by atoms with Gasteiger partial charge in [-0.3, -0.25) is 0 Å². The molecule has 2 aromatic rings. The van der Waals surface area contributed by atoms with E-state index in [-0.39, 0.29) is 0 Å². The van der Waals surface area contributed by atoms with Gasteiger partial charge in [-0.2, -0.15) is 0 Å². The van der Waals surface area contributed by atoms with Crippen molar-refractivity contribution in [2.45, 2.75) is 45.7 Å². The summed E-state index contributed by atoms with van der Waals surface area (Å²) >= 11 is 0. The maximum atomic E-state index is 4.34. The van der Waals surface area contributed by atoms with Crippen LogP contribution in [0.4, 0.5) is 0 Å². The summed E-state index contributed by atoms with van der Waals surface area (Å²) in [5.41, 5.74) is 2.32. The molecule has 3 heteroatoms. The molecule has 0 spiro atoms. The van der Waals surface area contributed by atoms with Crippen molar-refractivity contribution in [2.75, 3.05) is 0 Å². The molecule has 2 N–H and O–H groups in total. The second-order valence-electron chi connectivity index (χ2n) is 6.06. The van der Waals surface area contributed by atoms with Crippen LogP contribution in [-0.2, 0) is 6.54 Å². The summed E-state index contributed by atoms with van der Waals surface area (Å²) in [6.45, 7) is 5.71. The van der Waals surface area contributed by atoms with Crippen LogP contribution in [0, 0.1) is 11.8 Å². The molecule has 19 heavy (non-hydrogen) atoms. The fraction of sp³-hybridized carbons (Fsp3) is 0.562. The summed E-state index contributed by atoms with van der Waals surface area (Å²) in [4.78, 5) is 7.58. The molecule has 0 amide bonds. The first-order chi connectivity index (χ1) is 9.24. The van der Waals surface area contributed by atoms with Gasteiger partial charge in [-0.05, 0) is 48.8 Å². The average Bonchev–Trinajstić information content (AvgIpc) is 2.83. The number of aromatic nitrogens is 2. The second kappa shape index (κ2) is 5.33. The van der Waals surface area contributed by atoms with Crippen molar-refractivity contribution >= 4 is 11.0 Å². The molecule has 3 rings (SSSR count). The highest BCUT2D eigenvalue weighted by Crippen LogP contribution is 2.29. The Hall–Kier alpha value is -1.35. The molecule has 1 aliphatic carbocycles. The highest BCUT2D eigenvalue weighted by Gasteiger charge is 2.24. The van der Waals surface area contributed by atoms with E-state index in [0.717, 1.165) is 24.0 Å². The number of aromatic amines is 1. The SMILES string of the molecule is CC1CCC(NCc2c[nH]c3ncccc23)CC1C. The number of pyridine rings is 1. The Kier molecular flexibility index (Phi) is 3.56. The van der Waals surface area contributed by atoms with E-state index in [1.165, 1.54) is 30.2 Å². The highest BCUT2D eigenvalue weighted by atomic mass is 14.9. The minimum Gasteiger partial charge on any atom is -0.346 e. The van der Waals surface area contributed by atoms with E-state index < -0.39 is 0 Å². The van der Waals surface area contributed by atoms with Gasteiger partial charge in [0, 0.05) is 30.4 Å². The van der Waals surface area contributed by atoms with Crippen LogP contribution in [0.15, 0.2) is 24.5 Å². The maximum absolute atomic E-state index is 4.34. The summed E-state index contributed by atoms with van der Waals surface area (Å²) in [6.07, 6.45) is 7.89. The Morgan fingerprint density at radius 2 is 2.21 bits per heavy atom. The van der Waals surface area contributed by atoms with Gasteiger partial charge < -0.3 is 10.3 Å². The third-order valence-electron chi connectivity index (χ3n) is 4.72. The molecule has 102 valence electrons. The van der Waals surface area contributed by atoms with Crippen molar-refractivity contribution in [1.82, 2.24) is 15.3 Å². The second-order valence-corrected chi connectivity index (χ2v) is 6.06. The number of H-pyrrole nitrogens is 1. The summed E-state index contributed by atoms with van der Waals surface area (Å²) < 4.78 is 0. The molecular formula is C16H23N3. The summed E-state index contributed by atoms with van der Waals surface area (Å²) in [6, 6.07) is 4.82. The van der Waals surface area contributed by atoms with Crippen LogP contribution in [0.2, 0.25) is 0 Å². The van der Waals surface area contributed by atoms with E-state index >= 15 is 0 Å². The summed E-state index contributed by atoms with van der Waals surface area (Å²) in [5, 5.41) is 4.96. The van der Waals surface area contributed by atoms with E-state index in [9.17, 15) is 0 Å². The van der Waals surface area contributed by atoms with Gasteiger partial charge in [-0.15, -0.1) is 0 Å². The molecule has 1 fully saturated rings. The Bertz CT molecular complexity index is 546. The molecule has 1 saturated carbocycles. The van der Waals surface area contributed by atoms with Crippen molar-refractivity contribution in [3.05, 3.63) is 30.1 Å². The topological polar surface area (TPSA) is 40.7 Å². The zero-order valence-electron chi connectivity index (χ0n) is 11.8. The summed E-state index contributed by atoms with van der Waals surface area (Å²) in [7, 11) is 0. The molecule has 0 radical (unpaired) electrons. The molecule has 0 bridgehead atoms. The Labute approximate surface area is 114 Å². The van der Waals surface area contributed by atoms with Crippen LogP contribution in [0.25, 0.3) is 11.0 Å². The van der Waals surface area contributed by atoms with Gasteiger partial charge in [-0.1, -0.05) is 13.8 Å². The standard InChI is InChI=1S/C16H23N3/c1-11-5-6-14(8-12(11)2)18-9-13-10-19-16-15(13)4-3-7-17-16/h3-4,7,10-12,14,18H,5-6,8-9H2,1-2H3,(H,17,19). The van der Waals surface area contributed by atoms with E-state index in [1.54, 1.807) is 0 Å². The van der Waals surface area contributed by atoms with Crippen LogP contribution >= 0.6 is 0 Å². The van der Waals surface area contributed by atoms with E-state index in [2.05, 4.69) is 41.4 Å². The monoisotopic (exact) mass is 257 g/mol. The fourth-order valence-electron chi connectivity index (χ4n) is 3.15. The first-order valence-corrected chi connectivity index (χ1v) is 7.38. The van der Waals surface area contributed by atoms with Crippen molar-refractivity contribution in [2.24, 2.45) is 11.8 Å². The lowest BCUT2D eigenvalue weighted by molar-refractivity contribution is 0.225. The van der Waals surface area contributed by atoms with Crippen molar-refractivity contribution < 1.29 is 0 Å². The third kappa shape index (κ3) is 2.66. The van der Waals surface area contributed by atoms with Gasteiger partial charge >= 0.3 is 0 Å². The van der Waals surface area contributed by atoms with E-state index in [4.69, 9.17) is 0 Å². The quantitative estimate of drug-likeness (QED) is 0.884. The molecule has 3 atom stereocenters. The summed E-state index contributed by atoms with van der Waals surface area (Å²) in [5.74, 6) is 1.73. The highest BCUT2D eigenvalue weighted by molar-refractivity contribution is 5.79. The van der Waals surface area contributed by atoms with Crippen LogP contribution < -0.4 is 5.32 Å². The third-order valence-corrected chi connectivity index (χ3v) is 4.72. The van der Waals surface area contributed by atoms with Crippen molar-refractivity contribution in [3.63, 3.8) is 0 Å². The number of hydrogen-bond acceptors (Lipinski definition) is 2. The lowest BCUT2D eigenvalue weighted by Gasteiger charge is -2.32. The minimum absolute atomic E-state index is 0.674. The normalized spacial score (nSPS) is 27.8. The molecule has 0 aromatic carbocycles. The van der Waals surface area contributed by atoms with Crippen LogP contribution in [0.3, 0.4) is 0 Å². The minimum atomic E-state index is 0.674. The van der Waals surface area contributed by atoms with Gasteiger partial charge in [0.25, 0.3) is 0 Å². The maximum Gasteiger partial charge on any atom is 0.137 e. The number of nitrogens with one attached hydrogen (secondary N) is 2. The number of rotatable bonds is 3. The average molecular weight is 257 g/mol. The molecule has 2 heterocycles. The molecule has 3 nitrogen and oxygen atoms in total. The number of fused-ring (bicyclic) bond motifs is 1. The van der Waals surface area contributed by atoms with Crippen LogP contribution in [0.5, 0.6) is 0 Å². The smallest absolute Gasteiger partial charge is 0.137 e. The zero-order chi connectivity index (χ0) is 13.2. The molecule has 2 aromatic heterocycles. The fourth-order valence-corrected chi connectivity index (χ4v) is 3.15. The zero-order valence-corrected chi connectivity index (χ0v) is 11.8. The first kappa shape index (κ1) is 12.7. The Morgan fingerprint density at radius 3 is 3.05 bits per heavy atom. The van der Waals surface area contributed by atoms with Gasteiger partial charge in [-0.25, -0.2) is 4.98 Å². The molecule has 0 aliphatic heterocycles. The molecular weight excluding hydrogens is 234 g/mol. The molecule has 3 unspecified atom stereocenters. The van der Waals surface area contributed by atoms with Crippen LogP contribution in [-0.4, -0.2) is 16.0 Å². The Balaban J connectivity index is 1.63. The number of hydrogen-bond donors (Lipinski definition) is 2. The van der Waals surface area contributed by atoms with E-state index in [1.807, 2.05) is 12.3 Å². The van der Waals surface area contributed by atoms with Gasteiger partial charge in [0.1, 0.15) is 5.65 Å². The number of nitrogens with zero attached hydrogens (tertiary/aromatic N) is 1. The van der Waals surface area contributed by atoms with Crippen LogP contribution in [0.1, 0.15) is 38.7 Å². The predicted molar refractivity (Wildman–Crippen MR) is 78.9 cm³/mol. The van der Waals surface area contributed by atoms with Crippen molar-refractivity contribution in [1.29, 1.82) is 0 Å². The largest absolute Gasteiger partial charge is 0.346 e. The van der Waals surface area contributed by atoms with Gasteiger partial charge in [0.2, 0.25) is 0 Å². The predicted octanol–water partition coefficient (Wildman–Crippen LogP) is 3.48. The van der Waals surface area contributed by atoms with E-state index in [0.29, 0.717) is 6.04 Å². The molecule has 1 aliphatic rings. The molecule has 0 saturated heterocycles. The first-order valence-electron chi connectivity index (χ1n) is 7.38. The lowest BCUT2D eigenvalue weighted by atomic mass is 9.79. The van der Waals surface area contributed by atoms with Gasteiger partial charge in [0.05, 0.1) is 0 Å². The lowest BCUT2D eigenvalue weighted by Crippen LogP contribution is -2.35. The van der Waals surface area contributed by atoms with Gasteiger partial charge in [0.15, 0.2) is 0 Å². The van der Waals surface area contributed by atoms with Crippen molar-refractivity contribution in [3.8, 4) is 0 Å². The Morgan fingerprint density at radius 1 is 1.32 bits per heavy atom.